The largest absolute Gasteiger partial charge is 0.382 e. The molecule has 1 unspecified atom stereocenters. The first-order valence-electron chi connectivity index (χ1n) is 28.8. The number of hydrogen-bond donors (Lipinski definition) is 4. The second kappa shape index (κ2) is 26.5. The lowest BCUT2D eigenvalue weighted by Gasteiger charge is -2.38. The number of nitrogens with one attached hydrogen (secondary N) is 3. The molecule has 4 aromatic rings. The number of fused-ring (bicyclic) bond motifs is 8. The second-order valence-corrected chi connectivity index (χ2v) is 23.1. The van der Waals surface area contributed by atoms with E-state index in [1.165, 1.54) is 48.2 Å². The average molecular weight is 1160 g/mol. The van der Waals surface area contributed by atoms with E-state index in [2.05, 4.69) is 31.9 Å². The van der Waals surface area contributed by atoms with Crippen molar-refractivity contribution in [1.29, 1.82) is 5.26 Å². The van der Waals surface area contributed by atoms with E-state index in [1.807, 2.05) is 6.07 Å². The number of thioether (sulfide) groups is 1. The highest BCUT2D eigenvalue weighted by Crippen LogP contribution is 2.44. The molecule has 7 heterocycles. The Hall–Kier alpha value is -7.33. The Balaban J connectivity index is 0.666. The van der Waals surface area contributed by atoms with Gasteiger partial charge in [-0.1, -0.05) is 0 Å². The van der Waals surface area contributed by atoms with E-state index < -0.39 is 29.8 Å². The zero-order valence-electron chi connectivity index (χ0n) is 46.8. The number of Topliss-reactive ketones (excluding diaryl/α,β-unsaturated/α-hetero) is 1. The summed E-state index contributed by atoms with van der Waals surface area (Å²) in [4.78, 5) is 98.5. The van der Waals surface area contributed by atoms with E-state index in [4.69, 9.17) is 25.3 Å². The van der Waals surface area contributed by atoms with Crippen molar-refractivity contribution in [2.45, 2.75) is 120 Å². The summed E-state index contributed by atoms with van der Waals surface area (Å²) in [6.45, 7) is 4.75. The number of amides is 5. The van der Waals surface area contributed by atoms with Crippen LogP contribution >= 0.6 is 11.8 Å². The number of aromatic nitrogens is 3. The fourth-order valence-corrected chi connectivity index (χ4v) is 13.1. The molecule has 5 atom stereocenters. The normalized spacial score (nSPS) is 20.5. The van der Waals surface area contributed by atoms with Crippen LogP contribution in [0.4, 0.5) is 20.3 Å². The molecule has 440 valence electrons. The number of likely N-dealkylation sites (tertiary alicyclic amines) is 2. The highest BCUT2D eigenvalue weighted by Gasteiger charge is 2.44. The Morgan fingerprint density at radius 3 is 2.34 bits per heavy atom. The summed E-state index contributed by atoms with van der Waals surface area (Å²) in [5.74, 6) is -1.69. The summed E-state index contributed by atoms with van der Waals surface area (Å²) < 4.78 is 41.4. The average Bonchev–Trinajstić information content (AvgIpc) is 3.98. The van der Waals surface area contributed by atoms with Crippen molar-refractivity contribution in [3.05, 3.63) is 94.4 Å². The van der Waals surface area contributed by atoms with Crippen molar-refractivity contribution in [3.63, 3.8) is 0 Å². The maximum absolute atomic E-state index is 14.9. The molecule has 83 heavy (non-hydrogen) atoms. The van der Waals surface area contributed by atoms with Crippen LogP contribution in [0.5, 0.6) is 0 Å². The third kappa shape index (κ3) is 13.4. The van der Waals surface area contributed by atoms with E-state index >= 15 is 0 Å². The number of pyridine rings is 1. The molecule has 1 saturated carbocycles. The van der Waals surface area contributed by atoms with Crippen LogP contribution in [-0.2, 0) is 41.7 Å². The van der Waals surface area contributed by atoms with Gasteiger partial charge in [0.25, 0.3) is 5.91 Å². The van der Waals surface area contributed by atoms with Gasteiger partial charge >= 0.3 is 0 Å². The molecule has 1 aliphatic carbocycles. The van der Waals surface area contributed by atoms with Gasteiger partial charge in [0.1, 0.15) is 41.3 Å². The number of aliphatic imine (C=N–C) groups is 1. The van der Waals surface area contributed by atoms with Crippen LogP contribution in [0.15, 0.2) is 59.7 Å². The molecule has 6 aliphatic rings. The Kier molecular flexibility index (Phi) is 18.8. The molecule has 0 radical (unpaired) electrons. The molecular formula is C59H71F2N13O8S. The number of halogens is 2. The maximum atomic E-state index is 14.9. The van der Waals surface area contributed by atoms with Crippen LogP contribution in [-0.4, -0.2) is 172 Å². The van der Waals surface area contributed by atoms with Crippen molar-refractivity contribution in [2.24, 2.45) is 10.9 Å². The molecule has 4 fully saturated rings. The minimum atomic E-state index is -0.823. The Labute approximate surface area is 485 Å². The van der Waals surface area contributed by atoms with E-state index in [0.29, 0.717) is 102 Å². The van der Waals surface area contributed by atoms with E-state index in [-0.39, 0.29) is 130 Å². The molecule has 21 nitrogen and oxygen atoms in total. The third-order valence-electron chi connectivity index (χ3n) is 16.7. The minimum Gasteiger partial charge on any atom is -0.382 e. The predicted molar refractivity (Wildman–Crippen MR) is 306 cm³/mol. The SMILES string of the molecule is CN[C@H](C)C(=O)N[C@@H](C(=O)N1CCC[C@@H]1C1=NC(C(=O)c2ccc(F)cc2)CS1)C1CCN(C(=O)CCOCCOCCC(=O)NCCn2nc3c(c2C#N)-c2cnc(N)c(c2)N2CCC[C@@H]2c2cc(F)ccc2C(=O)N(C2CC2)C3)CC1. The molecule has 2 aromatic heterocycles. The highest BCUT2D eigenvalue weighted by atomic mass is 32.2. The number of hydrogen-bond acceptors (Lipinski definition) is 16. The fraction of sp³-hybridized carbons (Fsp3) is 0.525. The smallest absolute Gasteiger partial charge is 0.254 e. The molecule has 5 aliphatic heterocycles. The van der Waals surface area contributed by atoms with Gasteiger partial charge < -0.3 is 50.8 Å². The summed E-state index contributed by atoms with van der Waals surface area (Å²) in [5.41, 5.74) is 10.4. The van der Waals surface area contributed by atoms with Crippen molar-refractivity contribution >= 4 is 63.6 Å². The predicted octanol–water partition coefficient (Wildman–Crippen LogP) is 4.79. The molecule has 2 aromatic carbocycles. The molecule has 24 heteroatoms. The lowest BCUT2D eigenvalue weighted by Crippen LogP contribution is -2.58. The summed E-state index contributed by atoms with van der Waals surface area (Å²) in [5, 5.41) is 25.1. The first-order chi connectivity index (χ1) is 40.2. The van der Waals surface area contributed by atoms with Crippen molar-refractivity contribution < 1.29 is 47.0 Å². The second-order valence-electron chi connectivity index (χ2n) is 22.0. The minimum absolute atomic E-state index is 0.0376. The van der Waals surface area contributed by atoms with Gasteiger partial charge in [0.05, 0.1) is 80.5 Å². The number of nitrogens with zero attached hydrogens (tertiary/aromatic N) is 9. The topological polar surface area (TPSA) is 263 Å². The lowest BCUT2D eigenvalue weighted by atomic mass is 9.88. The zero-order chi connectivity index (χ0) is 58.3. The number of likely N-dealkylation sites (N-methyl/N-ethyl adjacent to an activating group) is 1. The van der Waals surface area contributed by atoms with Crippen LogP contribution in [0.2, 0.25) is 0 Å². The standard InChI is InChI=1S/C59H71F2N13O8S/c1-35(64-2)56(78)68-53(59(80)72-21-4-6-47(72)57-67-45(34-83-57)54(77)37-7-9-39(60)10-8-37)36-15-22-70(23-16-36)51(76)18-26-82-28-27-81-25-17-50(75)65-19-24-74-49(31-62)52-38-29-48(55(63)66-32-38)71-20-3-5-46(71)43-30-40(61)11-14-42(43)58(79)73(41-12-13-41)33-44(52)69-74/h7-11,14,29-30,32,35-36,41,45-47,53,64H,3-6,12-13,15-28,33-34H2,1-2H3,(H2,63,66)(H,65,75)(H,68,78)/t35-,45?,46-,47-,53-/m1/s1. The summed E-state index contributed by atoms with van der Waals surface area (Å²) >= 11 is 1.45. The first kappa shape index (κ1) is 58.9. The van der Waals surface area contributed by atoms with Gasteiger partial charge in [0, 0.05) is 79.4 Å². The lowest BCUT2D eigenvalue weighted by molar-refractivity contribution is -0.140. The van der Waals surface area contributed by atoms with Gasteiger partial charge in [0.15, 0.2) is 5.78 Å². The van der Waals surface area contributed by atoms with Crippen molar-refractivity contribution in [1.82, 2.24) is 45.4 Å². The number of ether oxygens (including phenoxy) is 2. The molecule has 5 N–H and O–H groups in total. The number of anilines is 2. The zero-order valence-corrected chi connectivity index (χ0v) is 47.6. The summed E-state index contributed by atoms with van der Waals surface area (Å²) in [7, 11) is 1.67. The molecule has 5 amide bonds. The maximum Gasteiger partial charge on any atom is 0.254 e. The number of nitrogen functional groups attached to an aromatic ring is 1. The van der Waals surface area contributed by atoms with Gasteiger partial charge in [-0.15, -0.1) is 11.8 Å². The molecule has 10 rings (SSSR count). The van der Waals surface area contributed by atoms with Gasteiger partial charge in [0.2, 0.25) is 23.6 Å². The highest BCUT2D eigenvalue weighted by molar-refractivity contribution is 8.14. The van der Waals surface area contributed by atoms with Crippen LogP contribution in [0.3, 0.4) is 0 Å². The number of nitriles is 1. The fourth-order valence-electron chi connectivity index (χ4n) is 11.9. The number of piperidine rings is 1. The van der Waals surface area contributed by atoms with E-state index in [9.17, 15) is 42.8 Å². The number of carbonyl (C=O) groups excluding carboxylic acids is 6. The van der Waals surface area contributed by atoms with Gasteiger partial charge in [-0.05, 0) is 125 Å². The first-order valence-corrected chi connectivity index (χ1v) is 29.8. The molecular weight excluding hydrogens is 1090 g/mol. The molecule has 3 saturated heterocycles. The third-order valence-corrected chi connectivity index (χ3v) is 17.8. The molecule has 2 bridgehead atoms. The van der Waals surface area contributed by atoms with Crippen molar-refractivity contribution in [2.75, 3.05) is 82.6 Å². The quantitative estimate of drug-likeness (QED) is 0.0646. The summed E-state index contributed by atoms with van der Waals surface area (Å²) in [6.07, 6.45) is 7.34. The number of benzene rings is 2. The molecule has 0 spiro atoms. The van der Waals surface area contributed by atoms with Crippen LogP contribution in [0.1, 0.15) is 115 Å². The number of nitrogens with two attached hydrogens (primary N) is 1. The van der Waals surface area contributed by atoms with Crippen LogP contribution in [0, 0.1) is 28.9 Å². The van der Waals surface area contributed by atoms with E-state index in [1.54, 1.807) is 45.6 Å². The van der Waals surface area contributed by atoms with Gasteiger partial charge in [-0.25, -0.2) is 13.8 Å². The summed E-state index contributed by atoms with van der Waals surface area (Å²) in [6, 6.07) is 11.3. The van der Waals surface area contributed by atoms with Gasteiger partial charge in [-0.3, -0.25) is 38.4 Å². The van der Waals surface area contributed by atoms with Crippen LogP contribution in [0.25, 0.3) is 11.1 Å². The van der Waals surface area contributed by atoms with Gasteiger partial charge in [-0.2, -0.15) is 10.4 Å². The van der Waals surface area contributed by atoms with Crippen LogP contribution < -0.4 is 26.6 Å². The Morgan fingerprint density at radius 1 is 0.880 bits per heavy atom. The number of rotatable bonds is 21. The van der Waals surface area contributed by atoms with Crippen molar-refractivity contribution in [3.8, 4) is 17.2 Å². The number of carbonyl (C=O) groups is 6. The number of ketones is 1. The van der Waals surface area contributed by atoms with E-state index in [0.717, 1.165) is 25.7 Å². The Morgan fingerprint density at radius 2 is 1.60 bits per heavy atom. The Bertz CT molecular complexity index is 3160. The monoisotopic (exact) mass is 1160 g/mol.